The van der Waals surface area contributed by atoms with Crippen LogP contribution >= 0.6 is 0 Å². The molecule has 0 radical (unpaired) electrons. The van der Waals surface area contributed by atoms with Gasteiger partial charge in [-0.1, -0.05) is 47.1 Å². The highest BCUT2D eigenvalue weighted by Gasteiger charge is 2.13. The molecule has 150 valence electrons. The van der Waals surface area contributed by atoms with Crippen LogP contribution in [-0.2, 0) is 14.3 Å². The minimum atomic E-state index is -0.691. The molecule has 0 aliphatic heterocycles. The Bertz CT molecular complexity index is 981. The monoisotopic (exact) mass is 396 g/mol. The van der Waals surface area contributed by atoms with Crippen molar-refractivity contribution in [1.29, 1.82) is 0 Å². The molecular weight excluding hydrogens is 376 g/mol. The van der Waals surface area contributed by atoms with Crippen LogP contribution in [-0.4, -0.2) is 37.4 Å². The van der Waals surface area contributed by atoms with Gasteiger partial charge in [0.15, 0.2) is 24.7 Å². The van der Waals surface area contributed by atoms with Gasteiger partial charge in [-0.2, -0.15) is 0 Å². The first-order chi connectivity index (χ1) is 14.0. The van der Waals surface area contributed by atoms with E-state index in [2.05, 4.69) is 10.5 Å². The third-order valence-electron chi connectivity index (χ3n) is 3.90. The maximum Gasteiger partial charge on any atom is 0.344 e. The van der Waals surface area contributed by atoms with Gasteiger partial charge < -0.3 is 18.7 Å². The average molecular weight is 396 g/mol. The summed E-state index contributed by atoms with van der Waals surface area (Å²) < 4.78 is 20.5. The van der Waals surface area contributed by atoms with Gasteiger partial charge in [0.2, 0.25) is 5.88 Å². The van der Waals surface area contributed by atoms with E-state index in [9.17, 15) is 9.59 Å². The predicted octanol–water partition coefficient (Wildman–Crippen LogP) is 3.22. The summed E-state index contributed by atoms with van der Waals surface area (Å²) in [5, 5.41) is 6.40. The van der Waals surface area contributed by atoms with E-state index in [1.807, 2.05) is 31.2 Å². The topological polar surface area (TPSA) is 99.9 Å². The van der Waals surface area contributed by atoms with Crippen molar-refractivity contribution in [2.75, 3.05) is 25.6 Å². The molecule has 0 spiro atoms. The van der Waals surface area contributed by atoms with E-state index >= 15 is 0 Å². The minimum absolute atomic E-state index is 0.159. The van der Waals surface area contributed by atoms with Gasteiger partial charge >= 0.3 is 5.97 Å². The fraction of sp³-hybridized carbons (Fsp3) is 0.190. The molecule has 0 fully saturated rings. The summed E-state index contributed by atoms with van der Waals surface area (Å²) in [5.41, 5.74) is 2.57. The molecule has 0 aliphatic rings. The van der Waals surface area contributed by atoms with Crippen LogP contribution in [0, 0.1) is 6.92 Å². The van der Waals surface area contributed by atoms with E-state index in [4.69, 9.17) is 18.7 Å². The van der Waals surface area contributed by atoms with E-state index < -0.39 is 18.5 Å². The number of nitrogens with zero attached hydrogens (tertiary/aromatic N) is 1. The van der Waals surface area contributed by atoms with Gasteiger partial charge in [-0.05, 0) is 19.1 Å². The third-order valence-corrected chi connectivity index (χ3v) is 3.90. The lowest BCUT2D eigenvalue weighted by Gasteiger charge is -2.09. The fourth-order valence-electron chi connectivity index (χ4n) is 2.43. The van der Waals surface area contributed by atoms with Crippen molar-refractivity contribution in [3.8, 4) is 22.8 Å². The number of hydrogen-bond donors (Lipinski definition) is 1. The molecule has 0 aliphatic carbocycles. The molecule has 3 rings (SSSR count). The zero-order chi connectivity index (χ0) is 20.6. The van der Waals surface area contributed by atoms with Crippen molar-refractivity contribution < 1.29 is 28.3 Å². The number of aromatic nitrogens is 1. The normalized spacial score (nSPS) is 10.3. The first kappa shape index (κ1) is 19.9. The summed E-state index contributed by atoms with van der Waals surface area (Å²) in [6.07, 6.45) is 0. The van der Waals surface area contributed by atoms with Crippen LogP contribution < -0.4 is 14.8 Å². The van der Waals surface area contributed by atoms with E-state index in [1.165, 1.54) is 7.11 Å². The number of hydrogen-bond acceptors (Lipinski definition) is 7. The van der Waals surface area contributed by atoms with Crippen molar-refractivity contribution in [3.63, 3.8) is 0 Å². The van der Waals surface area contributed by atoms with Gasteiger partial charge in [-0.15, -0.1) is 0 Å². The number of amides is 1. The number of anilines is 1. The first-order valence-corrected chi connectivity index (χ1v) is 8.80. The van der Waals surface area contributed by atoms with Gasteiger partial charge in [0, 0.05) is 11.6 Å². The summed E-state index contributed by atoms with van der Waals surface area (Å²) in [6.45, 7) is 1.16. The number of carbonyl (C=O) groups excluding carboxylic acids is 2. The van der Waals surface area contributed by atoms with Crippen molar-refractivity contribution in [2.24, 2.45) is 0 Å². The van der Waals surface area contributed by atoms with Gasteiger partial charge in [0.25, 0.3) is 5.91 Å². The lowest BCUT2D eigenvalue weighted by atomic mass is 10.1. The Labute approximate surface area is 167 Å². The molecule has 0 atom stereocenters. The number of carbonyl (C=O) groups is 2. The molecule has 8 heteroatoms. The summed E-state index contributed by atoms with van der Waals surface area (Å²) in [4.78, 5) is 23.7. The maximum atomic E-state index is 11.9. The van der Waals surface area contributed by atoms with Crippen molar-refractivity contribution in [1.82, 2.24) is 5.16 Å². The van der Waals surface area contributed by atoms with Crippen molar-refractivity contribution >= 4 is 17.8 Å². The second kappa shape index (κ2) is 9.41. The Balaban J connectivity index is 1.45. The zero-order valence-electron chi connectivity index (χ0n) is 16.0. The Morgan fingerprint density at radius 3 is 2.48 bits per heavy atom. The second-order valence-electron chi connectivity index (χ2n) is 6.09. The predicted molar refractivity (Wildman–Crippen MR) is 105 cm³/mol. The van der Waals surface area contributed by atoms with Crippen LogP contribution in [0.25, 0.3) is 11.3 Å². The molecule has 2 aromatic carbocycles. The first-order valence-electron chi connectivity index (χ1n) is 8.80. The summed E-state index contributed by atoms with van der Waals surface area (Å²) in [7, 11) is 1.50. The lowest BCUT2D eigenvalue weighted by Crippen LogP contribution is -2.23. The Hall–Kier alpha value is -3.81. The standard InChI is InChI=1S/C21H20N2O6/c1-14-7-9-15(10-8-14)16-11-20(29-23-16)22-19(24)12-28-21(25)13-27-18-6-4-3-5-17(18)26-2/h3-11H,12-13H2,1-2H3,(H,22,24). The molecule has 0 saturated heterocycles. The number of ether oxygens (including phenoxy) is 3. The molecule has 3 aromatic rings. The van der Waals surface area contributed by atoms with Crippen LogP contribution in [0.3, 0.4) is 0 Å². The Morgan fingerprint density at radius 2 is 1.76 bits per heavy atom. The number of esters is 1. The van der Waals surface area contributed by atoms with Crippen molar-refractivity contribution in [2.45, 2.75) is 6.92 Å². The molecule has 1 aromatic heterocycles. The van der Waals surface area contributed by atoms with E-state index in [0.29, 0.717) is 17.2 Å². The van der Waals surface area contributed by atoms with Crippen LogP contribution in [0.4, 0.5) is 5.88 Å². The van der Waals surface area contributed by atoms with Gasteiger partial charge in [0.05, 0.1) is 7.11 Å². The molecule has 1 amide bonds. The summed E-state index contributed by atoms with van der Waals surface area (Å²) in [6, 6.07) is 16.2. The molecule has 0 bridgehead atoms. The molecule has 8 nitrogen and oxygen atoms in total. The summed E-state index contributed by atoms with van der Waals surface area (Å²) >= 11 is 0. The van der Waals surface area contributed by atoms with Gasteiger partial charge in [-0.3, -0.25) is 10.1 Å². The third kappa shape index (κ3) is 5.58. The quantitative estimate of drug-likeness (QED) is 0.584. The van der Waals surface area contributed by atoms with Gasteiger partial charge in [0.1, 0.15) is 5.69 Å². The molecule has 1 N–H and O–H groups in total. The molecular formula is C21H20N2O6. The maximum absolute atomic E-state index is 11.9. The van der Waals surface area contributed by atoms with E-state index in [1.54, 1.807) is 30.3 Å². The zero-order valence-corrected chi connectivity index (χ0v) is 16.0. The average Bonchev–Trinajstić information content (AvgIpc) is 3.19. The molecule has 0 unspecified atom stereocenters. The largest absolute Gasteiger partial charge is 0.493 e. The molecule has 0 saturated carbocycles. The smallest absolute Gasteiger partial charge is 0.344 e. The molecule has 1 heterocycles. The van der Waals surface area contributed by atoms with E-state index in [0.717, 1.165) is 11.1 Å². The number of para-hydroxylation sites is 2. The van der Waals surface area contributed by atoms with Crippen molar-refractivity contribution in [3.05, 3.63) is 60.2 Å². The van der Waals surface area contributed by atoms with Crippen LogP contribution in [0.5, 0.6) is 11.5 Å². The highest BCUT2D eigenvalue weighted by Crippen LogP contribution is 2.25. The number of benzene rings is 2. The number of aryl methyl sites for hydroxylation is 1. The second-order valence-corrected chi connectivity index (χ2v) is 6.09. The lowest BCUT2D eigenvalue weighted by molar-refractivity contribution is -0.149. The Kier molecular flexibility index (Phi) is 6.47. The highest BCUT2D eigenvalue weighted by molar-refractivity contribution is 5.92. The SMILES string of the molecule is COc1ccccc1OCC(=O)OCC(=O)Nc1cc(-c2ccc(C)cc2)no1. The van der Waals surface area contributed by atoms with Crippen LogP contribution in [0.2, 0.25) is 0 Å². The minimum Gasteiger partial charge on any atom is -0.493 e. The fourth-order valence-corrected chi connectivity index (χ4v) is 2.43. The van der Waals surface area contributed by atoms with Gasteiger partial charge in [-0.25, -0.2) is 4.79 Å². The highest BCUT2D eigenvalue weighted by atomic mass is 16.6. The number of nitrogens with one attached hydrogen (secondary N) is 1. The van der Waals surface area contributed by atoms with E-state index in [-0.39, 0.29) is 12.5 Å². The number of rotatable bonds is 8. The number of methoxy groups -OCH3 is 1. The van der Waals surface area contributed by atoms with Crippen LogP contribution in [0.15, 0.2) is 59.1 Å². The Morgan fingerprint density at radius 1 is 1.03 bits per heavy atom. The molecule has 29 heavy (non-hydrogen) atoms. The summed E-state index contributed by atoms with van der Waals surface area (Å²) in [5.74, 6) is -0.187. The van der Waals surface area contributed by atoms with Crippen LogP contribution in [0.1, 0.15) is 5.56 Å².